The van der Waals surface area contributed by atoms with Crippen molar-refractivity contribution in [3.63, 3.8) is 0 Å². The second kappa shape index (κ2) is 6.81. The van der Waals surface area contributed by atoms with Crippen molar-refractivity contribution in [2.24, 2.45) is 18.9 Å². The molecule has 1 fully saturated rings. The van der Waals surface area contributed by atoms with Gasteiger partial charge in [-0.2, -0.15) is 13.2 Å². The van der Waals surface area contributed by atoms with Gasteiger partial charge in [0.2, 0.25) is 0 Å². The lowest BCUT2D eigenvalue weighted by Crippen LogP contribution is -2.37. The van der Waals surface area contributed by atoms with Crippen LogP contribution in [0.15, 0.2) is 12.4 Å². The van der Waals surface area contributed by atoms with Gasteiger partial charge >= 0.3 is 6.18 Å². The Morgan fingerprint density at radius 3 is 2.76 bits per heavy atom. The Hall–Kier alpha value is -1.04. The van der Waals surface area contributed by atoms with E-state index in [1.165, 1.54) is 0 Å². The average Bonchev–Trinajstić information content (AvgIpc) is 2.85. The van der Waals surface area contributed by atoms with E-state index >= 15 is 0 Å². The number of hydrogen-bond donors (Lipinski definition) is 1. The van der Waals surface area contributed by atoms with E-state index in [9.17, 15) is 13.2 Å². The molecule has 3 atom stereocenters. The monoisotopic (exact) mass is 303 g/mol. The van der Waals surface area contributed by atoms with E-state index in [1.807, 2.05) is 17.8 Å². The number of nitrogens with zero attached hydrogens (tertiary/aromatic N) is 2. The highest BCUT2D eigenvalue weighted by Gasteiger charge is 2.44. The highest BCUT2D eigenvalue weighted by Crippen LogP contribution is 2.43. The molecular formula is C15H24F3N3. The van der Waals surface area contributed by atoms with Crippen LogP contribution in [0.1, 0.15) is 50.9 Å². The molecule has 0 bridgehead atoms. The van der Waals surface area contributed by atoms with Crippen LogP contribution in [-0.4, -0.2) is 22.3 Å². The molecule has 0 spiro atoms. The van der Waals surface area contributed by atoms with E-state index in [4.69, 9.17) is 0 Å². The Bertz CT molecular complexity index is 442. The minimum atomic E-state index is -4.07. The maximum atomic E-state index is 13.0. The second-order valence-electron chi connectivity index (χ2n) is 5.99. The largest absolute Gasteiger partial charge is 0.391 e. The summed E-state index contributed by atoms with van der Waals surface area (Å²) >= 11 is 0. The topological polar surface area (TPSA) is 29.9 Å². The molecule has 21 heavy (non-hydrogen) atoms. The van der Waals surface area contributed by atoms with Crippen LogP contribution in [0.3, 0.4) is 0 Å². The van der Waals surface area contributed by atoms with E-state index in [0.717, 1.165) is 25.2 Å². The molecule has 6 heteroatoms. The van der Waals surface area contributed by atoms with Crippen molar-refractivity contribution in [3.8, 4) is 0 Å². The molecule has 0 aromatic carbocycles. The first-order valence-corrected chi connectivity index (χ1v) is 7.70. The van der Waals surface area contributed by atoms with Gasteiger partial charge in [-0.25, -0.2) is 4.98 Å². The van der Waals surface area contributed by atoms with Crippen molar-refractivity contribution in [2.45, 2.75) is 51.2 Å². The van der Waals surface area contributed by atoms with Gasteiger partial charge in [-0.3, -0.25) is 0 Å². The lowest BCUT2D eigenvalue weighted by Gasteiger charge is -2.35. The summed E-state index contributed by atoms with van der Waals surface area (Å²) in [6.45, 7) is 2.85. The molecule has 2 rings (SSSR count). The lowest BCUT2D eigenvalue weighted by atomic mass is 9.77. The van der Waals surface area contributed by atoms with E-state index < -0.39 is 12.1 Å². The number of nitrogens with one attached hydrogen (secondary N) is 1. The second-order valence-corrected chi connectivity index (χ2v) is 5.99. The molecule has 1 heterocycles. The fourth-order valence-corrected chi connectivity index (χ4v) is 3.27. The molecule has 1 aliphatic rings. The molecule has 3 unspecified atom stereocenters. The standard InChI is InChI=1S/C15H24F3N3/c1-3-7-19-13(14-20-8-9-21(14)2)11-5-4-6-12(10-11)15(16,17)18/h8-9,11-13,19H,3-7,10H2,1-2H3. The maximum Gasteiger partial charge on any atom is 0.391 e. The highest BCUT2D eigenvalue weighted by molar-refractivity contribution is 5.02. The predicted octanol–water partition coefficient (Wildman–Crippen LogP) is 3.83. The van der Waals surface area contributed by atoms with Crippen LogP contribution in [0.4, 0.5) is 13.2 Å². The molecule has 1 aromatic heterocycles. The summed E-state index contributed by atoms with van der Waals surface area (Å²) in [5.74, 6) is -0.322. The first-order valence-electron chi connectivity index (χ1n) is 7.70. The maximum absolute atomic E-state index is 13.0. The van der Waals surface area contributed by atoms with Crippen LogP contribution in [0, 0.1) is 11.8 Å². The fourth-order valence-electron chi connectivity index (χ4n) is 3.27. The highest BCUT2D eigenvalue weighted by atomic mass is 19.4. The Morgan fingerprint density at radius 1 is 1.43 bits per heavy atom. The first kappa shape index (κ1) is 16.3. The van der Waals surface area contributed by atoms with E-state index in [0.29, 0.717) is 6.42 Å². The van der Waals surface area contributed by atoms with Crippen LogP contribution in [0.5, 0.6) is 0 Å². The van der Waals surface area contributed by atoms with E-state index in [1.54, 1.807) is 6.20 Å². The number of alkyl halides is 3. The zero-order valence-corrected chi connectivity index (χ0v) is 12.7. The van der Waals surface area contributed by atoms with Crippen LogP contribution in [0.2, 0.25) is 0 Å². The van der Waals surface area contributed by atoms with Crippen molar-refractivity contribution in [2.75, 3.05) is 6.54 Å². The molecule has 120 valence electrons. The molecule has 1 saturated carbocycles. The summed E-state index contributed by atoms with van der Waals surface area (Å²) in [4.78, 5) is 4.35. The minimum Gasteiger partial charge on any atom is -0.337 e. The number of imidazole rings is 1. The molecule has 0 amide bonds. The summed E-state index contributed by atoms with van der Waals surface area (Å²) < 4.78 is 40.9. The third-order valence-electron chi connectivity index (χ3n) is 4.40. The van der Waals surface area contributed by atoms with Gasteiger partial charge in [-0.05, 0) is 38.1 Å². The normalized spacial score (nSPS) is 25.0. The summed E-state index contributed by atoms with van der Waals surface area (Å²) in [7, 11) is 1.90. The van der Waals surface area contributed by atoms with Gasteiger partial charge in [-0.1, -0.05) is 13.3 Å². The Morgan fingerprint density at radius 2 is 2.19 bits per heavy atom. The summed E-state index contributed by atoms with van der Waals surface area (Å²) in [5.41, 5.74) is 0. The lowest BCUT2D eigenvalue weighted by molar-refractivity contribution is -0.186. The van der Waals surface area contributed by atoms with E-state index in [2.05, 4.69) is 17.2 Å². The number of hydrogen-bond acceptors (Lipinski definition) is 2. The van der Waals surface area contributed by atoms with Gasteiger partial charge in [0.1, 0.15) is 5.82 Å². The quantitative estimate of drug-likeness (QED) is 0.896. The van der Waals surface area contributed by atoms with Crippen molar-refractivity contribution >= 4 is 0 Å². The molecule has 1 aromatic rings. The van der Waals surface area contributed by atoms with Crippen LogP contribution >= 0.6 is 0 Å². The Balaban J connectivity index is 2.15. The van der Waals surface area contributed by atoms with Gasteiger partial charge in [0.05, 0.1) is 12.0 Å². The number of aromatic nitrogens is 2. The van der Waals surface area contributed by atoms with E-state index in [-0.39, 0.29) is 24.8 Å². The minimum absolute atomic E-state index is 0.00183. The third-order valence-corrected chi connectivity index (χ3v) is 4.40. The molecule has 1 aliphatic carbocycles. The summed E-state index contributed by atoms with van der Waals surface area (Å²) in [6, 6.07) is -0.0879. The zero-order valence-electron chi connectivity index (χ0n) is 12.7. The average molecular weight is 303 g/mol. The molecule has 0 radical (unpaired) electrons. The molecule has 3 nitrogen and oxygen atoms in total. The number of aryl methyl sites for hydroxylation is 1. The first-order chi connectivity index (χ1) is 9.93. The van der Waals surface area contributed by atoms with Crippen LogP contribution < -0.4 is 5.32 Å². The van der Waals surface area contributed by atoms with Gasteiger partial charge in [-0.15, -0.1) is 0 Å². The van der Waals surface area contributed by atoms with Crippen molar-refractivity contribution < 1.29 is 13.2 Å². The molecule has 0 saturated heterocycles. The Labute approximate surface area is 123 Å². The number of halogens is 3. The zero-order chi connectivity index (χ0) is 15.5. The van der Waals surface area contributed by atoms with Crippen LogP contribution in [0.25, 0.3) is 0 Å². The molecule has 0 aliphatic heterocycles. The van der Waals surface area contributed by atoms with Gasteiger partial charge in [0.15, 0.2) is 0 Å². The summed E-state index contributed by atoms with van der Waals surface area (Å²) in [6.07, 6.45) is 2.38. The SMILES string of the molecule is CCCNC(c1nccn1C)C1CCCC(C(F)(F)F)C1. The number of rotatable bonds is 5. The molecule has 1 N–H and O–H groups in total. The smallest absolute Gasteiger partial charge is 0.337 e. The van der Waals surface area contributed by atoms with Crippen LogP contribution in [-0.2, 0) is 7.05 Å². The Kier molecular flexibility index (Phi) is 5.30. The van der Waals surface area contributed by atoms with Gasteiger partial charge in [0.25, 0.3) is 0 Å². The fraction of sp³-hybridized carbons (Fsp3) is 0.800. The third kappa shape index (κ3) is 3.99. The van der Waals surface area contributed by atoms with Crippen molar-refractivity contribution in [3.05, 3.63) is 18.2 Å². The predicted molar refractivity (Wildman–Crippen MR) is 75.7 cm³/mol. The van der Waals surface area contributed by atoms with Crippen molar-refractivity contribution in [1.29, 1.82) is 0 Å². The van der Waals surface area contributed by atoms with Gasteiger partial charge in [0, 0.05) is 19.4 Å². The molecular weight excluding hydrogens is 279 g/mol. The van der Waals surface area contributed by atoms with Gasteiger partial charge < -0.3 is 9.88 Å². The summed E-state index contributed by atoms with van der Waals surface area (Å²) in [5, 5.41) is 3.40. The van der Waals surface area contributed by atoms with Crippen molar-refractivity contribution in [1.82, 2.24) is 14.9 Å².